The minimum absolute atomic E-state index is 0.00982. The molecule has 10 heteroatoms. The number of hydrogen-bond donors (Lipinski definition) is 1. The molecule has 2 aliphatic carbocycles. The highest BCUT2D eigenvalue weighted by Crippen LogP contribution is 2.41. The van der Waals surface area contributed by atoms with Gasteiger partial charge >= 0.3 is 5.97 Å². The normalized spacial score (nSPS) is 16.1. The monoisotopic (exact) mass is 762 g/mol. The molecule has 0 saturated carbocycles. The molecule has 290 valence electrons. The number of para-hydroxylation sites is 2. The smallest absolute Gasteiger partial charge is 0.344 e. The van der Waals surface area contributed by atoms with Crippen LogP contribution in [0.5, 0.6) is 0 Å². The summed E-state index contributed by atoms with van der Waals surface area (Å²) in [5.74, 6) is -2.13. The highest BCUT2D eigenvalue weighted by Gasteiger charge is 2.44. The predicted molar refractivity (Wildman–Crippen MR) is 220 cm³/mol. The molecule has 0 bridgehead atoms. The number of nitrogens with zero attached hydrogens (tertiary/aromatic N) is 4. The Kier molecular flexibility index (Phi) is 11.7. The molecule has 1 heterocycles. The van der Waals surface area contributed by atoms with E-state index in [2.05, 4.69) is 23.2 Å². The maximum absolute atomic E-state index is 14.1. The van der Waals surface area contributed by atoms with Crippen molar-refractivity contribution in [2.45, 2.75) is 78.2 Å². The lowest BCUT2D eigenvalue weighted by atomic mass is 9.93. The molecule has 4 aromatic carbocycles. The highest BCUT2D eigenvalue weighted by molar-refractivity contribution is 6.27. The number of carbonyl (C=O) groups is 4. The largest absolute Gasteiger partial charge is 0.505 e. The Morgan fingerprint density at radius 2 is 1.49 bits per heavy atom. The second-order valence-corrected chi connectivity index (χ2v) is 14.5. The van der Waals surface area contributed by atoms with Gasteiger partial charge < -0.3 is 14.7 Å². The Bertz CT molecular complexity index is 2280. The number of azo groups is 1. The molecule has 2 amide bonds. The van der Waals surface area contributed by atoms with Gasteiger partial charge in [0.15, 0.2) is 11.5 Å². The van der Waals surface area contributed by atoms with Crippen molar-refractivity contribution in [3.8, 4) is 0 Å². The van der Waals surface area contributed by atoms with Gasteiger partial charge in [0.05, 0.1) is 22.4 Å². The minimum atomic E-state index is -0.744. The first-order chi connectivity index (χ1) is 27.7. The van der Waals surface area contributed by atoms with Gasteiger partial charge in [-0.25, -0.2) is 4.79 Å². The van der Waals surface area contributed by atoms with Crippen LogP contribution in [0.25, 0.3) is 5.76 Å². The molecule has 10 nitrogen and oxygen atoms in total. The number of Topliss-reactive ketones (excluding diaryl/α,β-unsaturated/α-hetero) is 1. The number of ether oxygens (including phenoxy) is 1. The van der Waals surface area contributed by atoms with Crippen LogP contribution in [-0.4, -0.2) is 39.6 Å². The van der Waals surface area contributed by atoms with Crippen LogP contribution >= 0.6 is 0 Å². The van der Waals surface area contributed by atoms with Crippen molar-refractivity contribution < 1.29 is 29.0 Å². The van der Waals surface area contributed by atoms with Gasteiger partial charge in [0, 0.05) is 40.7 Å². The Morgan fingerprint density at radius 3 is 2.16 bits per heavy atom. The van der Waals surface area contributed by atoms with E-state index in [0.29, 0.717) is 36.3 Å². The molecular weight excluding hydrogens is 717 g/mol. The van der Waals surface area contributed by atoms with E-state index < -0.39 is 29.6 Å². The third-order valence-corrected chi connectivity index (χ3v) is 10.8. The van der Waals surface area contributed by atoms with Crippen LogP contribution in [0.4, 0.5) is 22.7 Å². The zero-order chi connectivity index (χ0) is 40.1. The number of amides is 2. The molecule has 7 rings (SSSR count). The number of unbranched alkanes of at least 4 members (excludes halogenated alkanes) is 3. The van der Waals surface area contributed by atoms with E-state index in [1.165, 1.54) is 23.5 Å². The molecule has 1 aliphatic heterocycles. The van der Waals surface area contributed by atoms with Gasteiger partial charge in [0.1, 0.15) is 5.76 Å². The molecule has 4 aromatic rings. The fourth-order valence-corrected chi connectivity index (χ4v) is 7.82. The number of ketones is 1. The fraction of sp³-hybridized carbons (Fsp3) is 0.277. The topological polar surface area (TPSA) is 129 Å². The number of rotatable bonds is 15. The average molecular weight is 763 g/mol. The van der Waals surface area contributed by atoms with E-state index in [0.717, 1.165) is 37.1 Å². The summed E-state index contributed by atoms with van der Waals surface area (Å²) in [4.78, 5) is 59.0. The molecule has 0 aromatic heterocycles. The van der Waals surface area contributed by atoms with Gasteiger partial charge in [-0.1, -0.05) is 95.0 Å². The fourth-order valence-electron chi connectivity index (χ4n) is 7.82. The molecule has 3 aliphatic rings. The molecule has 0 saturated heterocycles. The number of anilines is 3. The summed E-state index contributed by atoms with van der Waals surface area (Å²) in [5, 5.41) is 19.8. The van der Waals surface area contributed by atoms with Gasteiger partial charge in [-0.05, 0) is 85.9 Å². The summed E-state index contributed by atoms with van der Waals surface area (Å²) in [5.41, 5.74) is 2.41. The third-order valence-electron chi connectivity index (χ3n) is 10.8. The molecule has 1 N–H and O–H groups in total. The lowest BCUT2D eigenvalue weighted by molar-refractivity contribution is 0.0555. The third kappa shape index (κ3) is 7.72. The van der Waals surface area contributed by atoms with Crippen molar-refractivity contribution in [1.82, 2.24) is 4.90 Å². The Labute approximate surface area is 332 Å². The standard InChI is InChI=1S/C47H46N4O6/c1-4-7-8-11-17-30-18-16-23-35(28-30)57-47(56)37-26-27-39(41-40(37)45(54)51(46(41)55)31(5-2)6-3)48-49-42-43(52)36-25-24-34(29-38(36)44(42)53)50(32-19-12-9-13-20-32)33-21-14-10-15-22-33/h9-10,12-16,18-27,29-31,52H,4-8,11,17,28H2,1-3H3. The summed E-state index contributed by atoms with van der Waals surface area (Å²) < 4.78 is 5.87. The van der Waals surface area contributed by atoms with E-state index in [-0.39, 0.29) is 45.3 Å². The second kappa shape index (κ2) is 17.2. The van der Waals surface area contributed by atoms with Crippen molar-refractivity contribution >= 4 is 52.1 Å². The van der Waals surface area contributed by atoms with Crippen molar-refractivity contribution in [3.05, 3.63) is 148 Å². The number of hydrogen-bond acceptors (Lipinski definition) is 9. The van der Waals surface area contributed by atoms with E-state index in [9.17, 15) is 24.3 Å². The molecule has 0 radical (unpaired) electrons. The van der Waals surface area contributed by atoms with Gasteiger partial charge in [-0.2, -0.15) is 0 Å². The number of aliphatic hydroxyl groups is 1. The lowest BCUT2D eigenvalue weighted by Gasteiger charge is -2.25. The molecular formula is C47H46N4O6. The summed E-state index contributed by atoms with van der Waals surface area (Å²) in [6.07, 6.45) is 12.9. The van der Waals surface area contributed by atoms with Crippen LogP contribution in [0.15, 0.2) is 131 Å². The Morgan fingerprint density at radius 1 is 0.807 bits per heavy atom. The summed E-state index contributed by atoms with van der Waals surface area (Å²) in [6.45, 7) is 5.95. The van der Waals surface area contributed by atoms with Gasteiger partial charge in [0.25, 0.3) is 11.8 Å². The van der Waals surface area contributed by atoms with Crippen LogP contribution in [0.2, 0.25) is 0 Å². The Balaban J connectivity index is 1.18. The van der Waals surface area contributed by atoms with Gasteiger partial charge in [0.2, 0.25) is 5.78 Å². The second-order valence-electron chi connectivity index (χ2n) is 14.5. The number of imide groups is 1. The van der Waals surface area contributed by atoms with E-state index in [4.69, 9.17) is 4.74 Å². The van der Waals surface area contributed by atoms with Gasteiger partial charge in [-0.3, -0.25) is 19.3 Å². The van der Waals surface area contributed by atoms with E-state index in [1.54, 1.807) is 18.2 Å². The number of allylic oxidation sites excluding steroid dienone is 5. The highest BCUT2D eigenvalue weighted by atomic mass is 16.5. The SMILES string of the molecule is CCCCCCC1C=CC=C(OC(=O)c2ccc(N=NC3=C(O)c4ccc(N(c5ccccc5)c5ccccc5)cc4C3=O)c3c2C(=O)N(C(CC)CC)C3=O)C1. The van der Waals surface area contributed by atoms with E-state index >= 15 is 0 Å². The number of fused-ring (bicyclic) bond motifs is 2. The molecule has 1 unspecified atom stereocenters. The lowest BCUT2D eigenvalue weighted by Crippen LogP contribution is -2.39. The predicted octanol–water partition coefficient (Wildman–Crippen LogP) is 11.7. The molecule has 1 atom stereocenters. The summed E-state index contributed by atoms with van der Waals surface area (Å²) in [6, 6.07) is 27.1. The number of benzene rings is 4. The molecule has 57 heavy (non-hydrogen) atoms. The first-order valence-corrected chi connectivity index (χ1v) is 19.8. The van der Waals surface area contributed by atoms with Crippen molar-refractivity contribution in [3.63, 3.8) is 0 Å². The van der Waals surface area contributed by atoms with E-state index in [1.807, 2.05) is 91.6 Å². The van der Waals surface area contributed by atoms with Crippen LogP contribution in [0.1, 0.15) is 119 Å². The van der Waals surface area contributed by atoms with Crippen LogP contribution in [0, 0.1) is 5.92 Å². The zero-order valence-corrected chi connectivity index (χ0v) is 32.5. The first kappa shape index (κ1) is 38.8. The van der Waals surface area contributed by atoms with Crippen molar-refractivity contribution in [2.75, 3.05) is 4.90 Å². The minimum Gasteiger partial charge on any atom is -0.505 e. The van der Waals surface area contributed by atoms with Crippen molar-refractivity contribution in [2.24, 2.45) is 16.1 Å². The number of esters is 1. The van der Waals surface area contributed by atoms with Crippen LogP contribution < -0.4 is 4.90 Å². The summed E-state index contributed by atoms with van der Waals surface area (Å²) >= 11 is 0. The van der Waals surface area contributed by atoms with Gasteiger partial charge in [-0.15, -0.1) is 10.2 Å². The number of aliphatic hydroxyl groups excluding tert-OH is 1. The number of carbonyl (C=O) groups excluding carboxylic acids is 4. The first-order valence-electron chi connectivity index (χ1n) is 19.8. The average Bonchev–Trinajstić information content (AvgIpc) is 3.63. The summed E-state index contributed by atoms with van der Waals surface area (Å²) in [7, 11) is 0. The quantitative estimate of drug-likeness (QED) is 0.0552. The maximum Gasteiger partial charge on any atom is 0.344 e. The molecule has 0 fully saturated rings. The Hall–Kier alpha value is -6.42. The maximum atomic E-state index is 14.1. The van der Waals surface area contributed by atoms with Crippen LogP contribution in [-0.2, 0) is 4.74 Å². The molecule has 0 spiro atoms. The van der Waals surface area contributed by atoms with Crippen LogP contribution in [0.3, 0.4) is 0 Å². The van der Waals surface area contributed by atoms with Crippen molar-refractivity contribution in [1.29, 1.82) is 0 Å². The zero-order valence-electron chi connectivity index (χ0n) is 32.5.